The molecule has 0 aromatic carbocycles. The van der Waals surface area contributed by atoms with E-state index in [1.807, 2.05) is 0 Å². The second kappa shape index (κ2) is 4.55. The minimum Gasteiger partial charge on any atom is -0.394 e. The summed E-state index contributed by atoms with van der Waals surface area (Å²) in [6, 6.07) is 0. The first-order valence-corrected chi connectivity index (χ1v) is 5.74. The molecular weight excluding hydrogens is 236 g/mol. The zero-order valence-corrected chi connectivity index (χ0v) is 10.3. The molecule has 0 spiro atoms. The Morgan fingerprint density at radius 1 is 1.33 bits per heavy atom. The van der Waals surface area contributed by atoms with Crippen molar-refractivity contribution >= 4 is 6.08 Å². The van der Waals surface area contributed by atoms with Crippen LogP contribution in [0.15, 0.2) is 15.7 Å². The van der Waals surface area contributed by atoms with E-state index < -0.39 is 6.10 Å². The molecule has 0 aliphatic heterocycles. The summed E-state index contributed by atoms with van der Waals surface area (Å²) in [4.78, 5) is 23.8. The van der Waals surface area contributed by atoms with Gasteiger partial charge in [-0.1, -0.05) is 6.08 Å². The van der Waals surface area contributed by atoms with Gasteiger partial charge in [0.2, 0.25) is 0 Å². The Labute approximate surface area is 103 Å². The van der Waals surface area contributed by atoms with Crippen molar-refractivity contribution in [2.75, 3.05) is 6.61 Å². The van der Waals surface area contributed by atoms with E-state index in [2.05, 4.69) is 0 Å². The molecule has 0 radical (unpaired) electrons. The lowest BCUT2D eigenvalue weighted by atomic mass is 9.97. The SMILES string of the molecule is Cn1c2c(c(=O)n(C)c1=O)C(CC(O)CO)C=C2. The molecule has 0 amide bonds. The van der Waals surface area contributed by atoms with Crippen molar-refractivity contribution in [1.82, 2.24) is 9.13 Å². The van der Waals surface area contributed by atoms with Crippen molar-refractivity contribution in [1.29, 1.82) is 0 Å². The Bertz CT molecular complexity index is 612. The molecule has 0 fully saturated rings. The van der Waals surface area contributed by atoms with E-state index in [4.69, 9.17) is 5.11 Å². The van der Waals surface area contributed by atoms with Crippen LogP contribution in [0.4, 0.5) is 0 Å². The van der Waals surface area contributed by atoms with Gasteiger partial charge in [-0.05, 0) is 12.5 Å². The number of hydrogen-bond acceptors (Lipinski definition) is 4. The minimum atomic E-state index is -0.868. The maximum atomic E-state index is 12.1. The van der Waals surface area contributed by atoms with E-state index >= 15 is 0 Å². The van der Waals surface area contributed by atoms with E-state index in [0.717, 1.165) is 4.57 Å². The first-order chi connectivity index (χ1) is 8.47. The van der Waals surface area contributed by atoms with Crippen LogP contribution in [0.5, 0.6) is 0 Å². The summed E-state index contributed by atoms with van der Waals surface area (Å²) in [5.41, 5.74) is 0.380. The van der Waals surface area contributed by atoms with Crippen molar-refractivity contribution in [2.45, 2.75) is 18.4 Å². The van der Waals surface area contributed by atoms with Gasteiger partial charge in [0, 0.05) is 25.6 Å². The highest BCUT2D eigenvalue weighted by Crippen LogP contribution is 2.29. The molecule has 2 atom stereocenters. The molecule has 0 saturated heterocycles. The number of aliphatic hydroxyl groups excluding tert-OH is 2. The van der Waals surface area contributed by atoms with Crippen LogP contribution in [-0.4, -0.2) is 32.1 Å². The van der Waals surface area contributed by atoms with Gasteiger partial charge in [-0.15, -0.1) is 0 Å². The lowest BCUT2D eigenvalue weighted by Gasteiger charge is -2.15. The van der Waals surface area contributed by atoms with Gasteiger partial charge in [-0.2, -0.15) is 0 Å². The third-order valence-corrected chi connectivity index (χ3v) is 3.34. The molecule has 98 valence electrons. The fourth-order valence-corrected chi connectivity index (χ4v) is 2.30. The first-order valence-electron chi connectivity index (χ1n) is 5.74. The van der Waals surface area contributed by atoms with Crippen LogP contribution >= 0.6 is 0 Å². The van der Waals surface area contributed by atoms with Crippen LogP contribution < -0.4 is 11.2 Å². The standard InChI is InChI=1S/C12H16N2O4/c1-13-9-4-3-7(5-8(16)6-15)10(9)11(17)14(2)12(13)18/h3-4,7-8,15-16H,5-6H2,1-2H3. The number of aliphatic hydroxyl groups is 2. The van der Waals surface area contributed by atoms with Gasteiger partial charge in [-0.25, -0.2) is 4.79 Å². The topological polar surface area (TPSA) is 84.5 Å². The van der Waals surface area contributed by atoms with Crippen LogP contribution in [0, 0.1) is 0 Å². The van der Waals surface area contributed by atoms with Crippen molar-refractivity contribution in [2.24, 2.45) is 14.1 Å². The number of aromatic nitrogens is 2. The molecule has 0 saturated carbocycles. The third-order valence-electron chi connectivity index (χ3n) is 3.34. The van der Waals surface area contributed by atoms with Crippen LogP contribution in [-0.2, 0) is 14.1 Å². The molecule has 2 unspecified atom stereocenters. The summed E-state index contributed by atoms with van der Waals surface area (Å²) >= 11 is 0. The number of fused-ring (bicyclic) bond motifs is 1. The molecule has 2 rings (SSSR count). The predicted molar refractivity (Wildman–Crippen MR) is 66.4 cm³/mol. The number of nitrogens with zero attached hydrogens (tertiary/aromatic N) is 2. The smallest absolute Gasteiger partial charge is 0.330 e. The Balaban J connectivity index is 2.54. The Morgan fingerprint density at radius 2 is 2.00 bits per heavy atom. The maximum absolute atomic E-state index is 12.1. The number of hydrogen-bond donors (Lipinski definition) is 2. The molecule has 1 aliphatic carbocycles. The molecule has 1 heterocycles. The molecule has 6 heteroatoms. The molecule has 1 aromatic rings. The Kier molecular flexibility index (Phi) is 3.23. The van der Waals surface area contributed by atoms with Gasteiger partial charge >= 0.3 is 5.69 Å². The molecular formula is C12H16N2O4. The van der Waals surface area contributed by atoms with Crippen molar-refractivity contribution in [3.63, 3.8) is 0 Å². The summed E-state index contributed by atoms with van der Waals surface area (Å²) in [5, 5.41) is 18.3. The summed E-state index contributed by atoms with van der Waals surface area (Å²) < 4.78 is 2.47. The summed E-state index contributed by atoms with van der Waals surface area (Å²) in [6.45, 7) is -0.342. The minimum absolute atomic E-state index is 0.257. The number of rotatable bonds is 3. The third kappa shape index (κ3) is 1.83. The lowest BCUT2D eigenvalue weighted by molar-refractivity contribution is 0.0855. The van der Waals surface area contributed by atoms with E-state index in [-0.39, 0.29) is 30.2 Å². The summed E-state index contributed by atoms with van der Waals surface area (Å²) in [7, 11) is 3.04. The van der Waals surface area contributed by atoms with Gasteiger partial charge in [-0.3, -0.25) is 13.9 Å². The van der Waals surface area contributed by atoms with Gasteiger partial charge in [0.1, 0.15) is 0 Å². The highest BCUT2D eigenvalue weighted by atomic mass is 16.3. The van der Waals surface area contributed by atoms with E-state index in [9.17, 15) is 14.7 Å². The monoisotopic (exact) mass is 252 g/mol. The average Bonchev–Trinajstić information content (AvgIpc) is 2.77. The summed E-state index contributed by atoms with van der Waals surface area (Å²) in [6.07, 6.45) is 2.90. The van der Waals surface area contributed by atoms with Crippen LogP contribution in [0.3, 0.4) is 0 Å². The molecule has 1 aliphatic rings. The van der Waals surface area contributed by atoms with Gasteiger partial charge < -0.3 is 10.2 Å². The number of allylic oxidation sites excluding steroid dienone is 1. The quantitative estimate of drug-likeness (QED) is 0.718. The first kappa shape index (κ1) is 12.8. The highest BCUT2D eigenvalue weighted by Gasteiger charge is 2.26. The van der Waals surface area contributed by atoms with Gasteiger partial charge in [0.25, 0.3) is 5.56 Å². The lowest BCUT2D eigenvalue weighted by Crippen LogP contribution is -2.40. The van der Waals surface area contributed by atoms with E-state index in [1.54, 1.807) is 19.2 Å². The molecule has 18 heavy (non-hydrogen) atoms. The average molecular weight is 252 g/mol. The van der Waals surface area contributed by atoms with Crippen molar-refractivity contribution in [3.05, 3.63) is 38.2 Å². The van der Waals surface area contributed by atoms with Crippen LogP contribution in [0.2, 0.25) is 0 Å². The molecule has 1 aromatic heterocycles. The Hall–Kier alpha value is -1.66. The predicted octanol–water partition coefficient (Wildman–Crippen LogP) is -1.06. The molecule has 2 N–H and O–H groups in total. The van der Waals surface area contributed by atoms with Gasteiger partial charge in [0.15, 0.2) is 0 Å². The molecule has 6 nitrogen and oxygen atoms in total. The Morgan fingerprint density at radius 3 is 2.61 bits per heavy atom. The van der Waals surface area contributed by atoms with E-state index in [0.29, 0.717) is 11.3 Å². The van der Waals surface area contributed by atoms with Crippen molar-refractivity contribution < 1.29 is 10.2 Å². The van der Waals surface area contributed by atoms with E-state index in [1.165, 1.54) is 11.6 Å². The van der Waals surface area contributed by atoms with Gasteiger partial charge in [0.05, 0.1) is 18.4 Å². The fourth-order valence-electron chi connectivity index (χ4n) is 2.30. The zero-order valence-electron chi connectivity index (χ0n) is 10.3. The van der Waals surface area contributed by atoms with Crippen LogP contribution in [0.25, 0.3) is 6.08 Å². The van der Waals surface area contributed by atoms with Crippen molar-refractivity contribution in [3.8, 4) is 0 Å². The highest BCUT2D eigenvalue weighted by molar-refractivity contribution is 5.58. The largest absolute Gasteiger partial charge is 0.394 e. The second-order valence-corrected chi connectivity index (χ2v) is 4.54. The maximum Gasteiger partial charge on any atom is 0.330 e. The normalized spacial score (nSPS) is 19.0. The molecule has 0 bridgehead atoms. The fraction of sp³-hybridized carbons (Fsp3) is 0.500. The zero-order chi connectivity index (χ0) is 13.4. The van der Waals surface area contributed by atoms with Crippen LogP contribution in [0.1, 0.15) is 23.6 Å². The second-order valence-electron chi connectivity index (χ2n) is 4.54. The summed E-state index contributed by atoms with van der Waals surface area (Å²) in [5.74, 6) is -0.257.